The number of benzene rings is 4. The Kier molecular flexibility index (Phi) is 16.0. The average molecular weight is 831 g/mol. The third-order valence-electron chi connectivity index (χ3n) is 9.57. The number of esters is 1. The van der Waals surface area contributed by atoms with E-state index in [0.717, 1.165) is 39.6 Å². The molecule has 0 fully saturated rings. The molecule has 1 aliphatic carbocycles. The minimum absolute atomic E-state index is 0.00848. The smallest absolute Gasteiger partial charge is 0.329 e. The molecular weight excluding hydrogens is 785 g/mol. The first kappa shape index (κ1) is 44.2. The van der Waals surface area contributed by atoms with Crippen LogP contribution in [0.4, 0.5) is 0 Å². The number of hydrogen-bond acceptors (Lipinski definition) is 11. The van der Waals surface area contributed by atoms with Gasteiger partial charge in [-0.15, -0.1) is 0 Å². The van der Waals surface area contributed by atoms with Gasteiger partial charge in [0.2, 0.25) is 17.7 Å². The Balaban J connectivity index is 1.37. The Morgan fingerprint density at radius 2 is 1.20 bits per heavy atom. The van der Waals surface area contributed by atoms with E-state index in [4.69, 9.17) is 10.1 Å². The van der Waals surface area contributed by atoms with Crippen LogP contribution < -0.4 is 21.3 Å². The maximum Gasteiger partial charge on any atom is 0.329 e. The molecule has 4 aromatic carbocycles. The van der Waals surface area contributed by atoms with E-state index in [2.05, 4.69) is 21.3 Å². The molecule has 0 saturated carbocycles. The summed E-state index contributed by atoms with van der Waals surface area (Å²) in [6.07, 6.45) is 2.53. The SMILES string of the molecule is COC(=O)C(CSC(C)=O)NC(=O)C(Cc1ccc(-c2ccccc2)cc1)NC(=O)C(Cc1ccc(-c2ccccc2)cc1)NC(=O)CCNC1=CC=C([N+](=O)[O-])CC1=N. The van der Waals surface area contributed by atoms with Crippen LogP contribution in [-0.2, 0) is 41.6 Å². The van der Waals surface area contributed by atoms with E-state index >= 15 is 0 Å². The monoisotopic (exact) mass is 830 g/mol. The average Bonchev–Trinajstić information content (AvgIpc) is 3.25. The highest BCUT2D eigenvalue weighted by molar-refractivity contribution is 8.13. The molecule has 310 valence electrons. The van der Waals surface area contributed by atoms with Crippen LogP contribution in [-0.4, -0.2) is 77.0 Å². The summed E-state index contributed by atoms with van der Waals surface area (Å²) in [6.45, 7) is 1.41. The Hall–Kier alpha value is -6.87. The largest absolute Gasteiger partial charge is 0.467 e. The van der Waals surface area contributed by atoms with Crippen LogP contribution in [0.5, 0.6) is 0 Å². The number of allylic oxidation sites excluding steroid dienone is 4. The minimum Gasteiger partial charge on any atom is -0.467 e. The zero-order valence-corrected chi connectivity index (χ0v) is 34.0. The molecule has 0 spiro atoms. The number of methoxy groups -OCH3 is 1. The van der Waals surface area contributed by atoms with Gasteiger partial charge in [0.1, 0.15) is 18.1 Å². The van der Waals surface area contributed by atoms with Crippen LogP contribution in [0.3, 0.4) is 0 Å². The Morgan fingerprint density at radius 3 is 1.67 bits per heavy atom. The van der Waals surface area contributed by atoms with Crippen molar-refractivity contribution in [1.29, 1.82) is 5.41 Å². The van der Waals surface area contributed by atoms with Crippen LogP contribution in [0.2, 0.25) is 0 Å². The molecule has 3 atom stereocenters. The lowest BCUT2D eigenvalue weighted by atomic mass is 9.98. The normalized spacial score (nSPS) is 13.7. The van der Waals surface area contributed by atoms with Crippen molar-refractivity contribution in [1.82, 2.24) is 21.3 Å². The quantitative estimate of drug-likeness (QED) is 0.0476. The zero-order chi connectivity index (χ0) is 43.0. The summed E-state index contributed by atoms with van der Waals surface area (Å²) in [4.78, 5) is 76.8. The van der Waals surface area contributed by atoms with E-state index in [-0.39, 0.29) is 54.5 Å². The molecule has 0 saturated heterocycles. The predicted molar refractivity (Wildman–Crippen MR) is 230 cm³/mol. The number of nitro groups is 1. The van der Waals surface area contributed by atoms with Gasteiger partial charge in [-0.05, 0) is 39.5 Å². The van der Waals surface area contributed by atoms with Crippen molar-refractivity contribution in [3.63, 3.8) is 0 Å². The van der Waals surface area contributed by atoms with Crippen molar-refractivity contribution in [2.75, 3.05) is 19.4 Å². The molecule has 3 amide bonds. The van der Waals surface area contributed by atoms with Crippen molar-refractivity contribution in [2.24, 2.45) is 0 Å². The molecule has 5 rings (SSSR count). The topological polar surface area (TPSA) is 210 Å². The van der Waals surface area contributed by atoms with Crippen molar-refractivity contribution in [3.05, 3.63) is 154 Å². The van der Waals surface area contributed by atoms with Gasteiger partial charge >= 0.3 is 5.97 Å². The van der Waals surface area contributed by atoms with Crippen molar-refractivity contribution < 1.29 is 33.6 Å². The van der Waals surface area contributed by atoms with E-state index in [1.54, 1.807) is 0 Å². The van der Waals surface area contributed by atoms with E-state index in [9.17, 15) is 34.1 Å². The Bertz CT molecular complexity index is 2250. The molecule has 14 nitrogen and oxygen atoms in total. The molecule has 0 aromatic heterocycles. The van der Waals surface area contributed by atoms with Gasteiger partial charge in [0.25, 0.3) is 5.70 Å². The number of hydrogen-bond donors (Lipinski definition) is 5. The van der Waals surface area contributed by atoms with E-state index < -0.39 is 46.7 Å². The molecule has 0 radical (unpaired) electrons. The molecular formula is C45H46N6O8S. The van der Waals surface area contributed by atoms with Gasteiger partial charge in [-0.2, -0.15) is 0 Å². The number of carbonyl (C=O) groups is 5. The highest BCUT2D eigenvalue weighted by atomic mass is 32.2. The molecule has 15 heteroatoms. The van der Waals surface area contributed by atoms with Crippen molar-refractivity contribution in [2.45, 2.75) is 50.7 Å². The highest BCUT2D eigenvalue weighted by Crippen LogP contribution is 2.22. The first-order valence-corrected chi connectivity index (χ1v) is 20.2. The number of nitrogens with zero attached hydrogens (tertiary/aromatic N) is 1. The summed E-state index contributed by atoms with van der Waals surface area (Å²) in [5.41, 5.74) is 5.57. The molecule has 0 bridgehead atoms. The fraction of sp³-hybridized carbons (Fsp3) is 0.244. The second-order valence-corrected chi connectivity index (χ2v) is 15.1. The second kappa shape index (κ2) is 21.8. The van der Waals surface area contributed by atoms with Crippen LogP contribution >= 0.6 is 11.8 Å². The van der Waals surface area contributed by atoms with Gasteiger partial charge in [0.05, 0.1) is 29.9 Å². The molecule has 0 heterocycles. The Labute approximate surface area is 351 Å². The van der Waals surface area contributed by atoms with Crippen molar-refractivity contribution in [3.8, 4) is 22.3 Å². The fourth-order valence-electron chi connectivity index (χ4n) is 6.36. The van der Waals surface area contributed by atoms with Gasteiger partial charge in [-0.3, -0.25) is 29.3 Å². The van der Waals surface area contributed by atoms with Crippen LogP contribution in [0.1, 0.15) is 30.9 Å². The van der Waals surface area contributed by atoms with E-state index in [1.807, 2.05) is 109 Å². The predicted octanol–water partition coefficient (Wildman–Crippen LogP) is 5.16. The van der Waals surface area contributed by atoms with Gasteiger partial charge in [0, 0.05) is 44.6 Å². The lowest BCUT2D eigenvalue weighted by molar-refractivity contribution is -0.426. The summed E-state index contributed by atoms with van der Waals surface area (Å²) < 4.78 is 4.89. The number of ether oxygens (including phenoxy) is 1. The third-order valence-corrected chi connectivity index (χ3v) is 10.5. The maximum atomic E-state index is 14.3. The first-order valence-electron chi connectivity index (χ1n) is 19.2. The van der Waals surface area contributed by atoms with Crippen LogP contribution in [0, 0.1) is 15.5 Å². The molecule has 60 heavy (non-hydrogen) atoms. The van der Waals surface area contributed by atoms with Gasteiger partial charge in [0.15, 0.2) is 5.12 Å². The van der Waals surface area contributed by atoms with Gasteiger partial charge < -0.3 is 31.4 Å². The summed E-state index contributed by atoms with van der Waals surface area (Å²) in [7, 11) is 1.17. The molecule has 4 aromatic rings. The summed E-state index contributed by atoms with van der Waals surface area (Å²) in [5, 5.41) is 30.3. The molecule has 5 N–H and O–H groups in total. The van der Waals surface area contributed by atoms with E-state index in [0.29, 0.717) is 11.3 Å². The highest BCUT2D eigenvalue weighted by Gasteiger charge is 2.31. The molecule has 0 aliphatic heterocycles. The maximum absolute atomic E-state index is 14.3. The summed E-state index contributed by atoms with van der Waals surface area (Å²) in [6, 6.07) is 30.9. The summed E-state index contributed by atoms with van der Waals surface area (Å²) >= 11 is 0.844. The standard InChI is InChI=1S/C45H46N6O8S/c1-29(52)60-28-41(45(56)59-2)50-44(55)40(26-31-15-19-35(20-16-31)33-11-7-4-8-12-33)49-43(54)39(25-30-13-17-34(18-14-30)32-9-5-3-6-10-32)48-42(53)23-24-47-38-22-21-36(51(57)58)27-37(38)46/h3-22,39-41,46-47H,23-28H2,1-2H3,(H,48,53)(H,49,54)(H,50,55). The fourth-order valence-corrected chi connectivity index (χ4v) is 6.98. The zero-order valence-electron chi connectivity index (χ0n) is 33.1. The van der Waals surface area contributed by atoms with Crippen LogP contribution in [0.15, 0.2) is 133 Å². The Morgan fingerprint density at radius 1 is 0.717 bits per heavy atom. The second-order valence-electron chi connectivity index (χ2n) is 13.9. The number of carbonyl (C=O) groups excluding carboxylic acids is 5. The molecule has 3 unspecified atom stereocenters. The summed E-state index contributed by atoms with van der Waals surface area (Å²) in [5.74, 6) is -2.71. The van der Waals surface area contributed by atoms with Crippen molar-refractivity contribution >= 4 is 46.3 Å². The van der Waals surface area contributed by atoms with Gasteiger partial charge in [-0.1, -0.05) is 121 Å². The number of nitrogens with one attached hydrogen (secondary N) is 5. The number of thioether (sulfide) groups is 1. The minimum atomic E-state index is -1.22. The lowest BCUT2D eigenvalue weighted by Crippen LogP contribution is -2.57. The molecule has 1 aliphatic rings. The lowest BCUT2D eigenvalue weighted by Gasteiger charge is -2.25. The number of rotatable bonds is 19. The number of amides is 3. The third kappa shape index (κ3) is 13.1. The van der Waals surface area contributed by atoms with Gasteiger partial charge in [-0.25, -0.2) is 4.79 Å². The van der Waals surface area contributed by atoms with E-state index in [1.165, 1.54) is 26.2 Å². The van der Waals surface area contributed by atoms with Crippen LogP contribution in [0.25, 0.3) is 22.3 Å². The first-order chi connectivity index (χ1) is 28.9.